The number of fused-ring (bicyclic) bond motifs is 1. The predicted molar refractivity (Wildman–Crippen MR) is 172 cm³/mol. The van der Waals surface area contributed by atoms with Gasteiger partial charge in [-0.1, -0.05) is 65.4 Å². The van der Waals surface area contributed by atoms with Crippen molar-refractivity contribution in [3.05, 3.63) is 150 Å². The zero-order chi connectivity index (χ0) is 31.1. The number of aromatic carboxylic acids is 1. The van der Waals surface area contributed by atoms with Crippen molar-refractivity contribution in [1.82, 2.24) is 9.13 Å². The summed E-state index contributed by atoms with van der Waals surface area (Å²) in [4.78, 5) is 44.7. The van der Waals surface area contributed by atoms with Gasteiger partial charge in [0.1, 0.15) is 0 Å². The minimum Gasteiger partial charge on any atom is -0.478 e. The molecule has 0 saturated carbocycles. The summed E-state index contributed by atoms with van der Waals surface area (Å²) < 4.78 is 4.07. The Hall–Kier alpha value is -5.28. The Kier molecular flexibility index (Phi) is 7.48. The Morgan fingerprint density at radius 2 is 1.66 bits per heavy atom. The average Bonchev–Trinajstić information content (AvgIpc) is 3.46. The fourth-order valence-corrected chi connectivity index (χ4v) is 6.68. The number of allylic oxidation sites excluding steroid dienone is 1. The molecule has 2 aromatic heterocycles. The third-order valence-electron chi connectivity index (χ3n) is 7.80. The first-order chi connectivity index (χ1) is 21.1. The lowest BCUT2D eigenvalue weighted by Gasteiger charge is -2.25. The molecule has 1 aliphatic rings. The maximum atomic E-state index is 14.2. The third kappa shape index (κ3) is 5.22. The van der Waals surface area contributed by atoms with Gasteiger partial charge in [0, 0.05) is 22.8 Å². The van der Waals surface area contributed by atoms with Crippen LogP contribution in [0.3, 0.4) is 0 Å². The van der Waals surface area contributed by atoms with E-state index in [1.807, 2.05) is 98.1 Å². The third-order valence-corrected chi connectivity index (χ3v) is 8.78. The summed E-state index contributed by atoms with van der Waals surface area (Å²) in [7, 11) is 0. The summed E-state index contributed by atoms with van der Waals surface area (Å²) in [5, 5.41) is 12.5. The molecule has 0 unspecified atom stereocenters. The number of hydrogen-bond acceptors (Lipinski definition) is 5. The van der Waals surface area contributed by atoms with Crippen molar-refractivity contribution < 1.29 is 14.7 Å². The van der Waals surface area contributed by atoms with E-state index in [1.54, 1.807) is 29.7 Å². The van der Waals surface area contributed by atoms with E-state index in [2.05, 4.69) is 5.32 Å². The van der Waals surface area contributed by atoms with Crippen LogP contribution >= 0.6 is 11.3 Å². The first-order valence-corrected chi connectivity index (χ1v) is 14.9. The lowest BCUT2D eigenvalue weighted by molar-refractivity contribution is -0.113. The largest absolute Gasteiger partial charge is 0.478 e. The summed E-state index contributed by atoms with van der Waals surface area (Å²) in [6, 6.07) is 25.1. The maximum absolute atomic E-state index is 14.2. The van der Waals surface area contributed by atoms with Crippen LogP contribution < -0.4 is 20.2 Å². The van der Waals surface area contributed by atoms with Gasteiger partial charge in [-0.25, -0.2) is 9.79 Å². The number of nitrogens with one attached hydrogen (secondary N) is 1. The molecule has 0 fully saturated rings. The van der Waals surface area contributed by atoms with Gasteiger partial charge < -0.3 is 15.0 Å². The fourth-order valence-electron chi connectivity index (χ4n) is 5.65. The second-order valence-corrected chi connectivity index (χ2v) is 11.8. The zero-order valence-electron chi connectivity index (χ0n) is 24.7. The highest BCUT2D eigenvalue weighted by molar-refractivity contribution is 7.07. The Labute approximate surface area is 257 Å². The lowest BCUT2D eigenvalue weighted by Crippen LogP contribution is -2.40. The maximum Gasteiger partial charge on any atom is 0.335 e. The molecule has 1 amide bonds. The van der Waals surface area contributed by atoms with Crippen molar-refractivity contribution in [3.63, 3.8) is 0 Å². The summed E-state index contributed by atoms with van der Waals surface area (Å²) >= 11 is 1.28. The van der Waals surface area contributed by atoms with Gasteiger partial charge in [0.05, 0.1) is 27.4 Å². The molecule has 2 N–H and O–H groups in total. The van der Waals surface area contributed by atoms with Gasteiger partial charge in [0.25, 0.3) is 11.5 Å². The molecule has 0 saturated heterocycles. The van der Waals surface area contributed by atoms with Crippen LogP contribution in [-0.4, -0.2) is 26.1 Å². The van der Waals surface area contributed by atoms with Crippen molar-refractivity contribution in [1.29, 1.82) is 0 Å². The number of rotatable bonds is 6. The highest BCUT2D eigenvalue weighted by Gasteiger charge is 2.32. The van der Waals surface area contributed by atoms with Crippen LogP contribution in [0.1, 0.15) is 51.4 Å². The van der Waals surface area contributed by atoms with E-state index in [0.29, 0.717) is 26.3 Å². The van der Waals surface area contributed by atoms with E-state index in [9.17, 15) is 19.5 Å². The molecule has 0 bridgehead atoms. The quantitative estimate of drug-likeness (QED) is 0.276. The van der Waals surface area contributed by atoms with Gasteiger partial charge in [0.2, 0.25) is 0 Å². The van der Waals surface area contributed by atoms with Crippen LogP contribution in [0.4, 0.5) is 5.69 Å². The molecule has 9 heteroatoms. The summed E-state index contributed by atoms with van der Waals surface area (Å²) in [6.45, 7) is 7.68. The van der Waals surface area contributed by atoms with E-state index in [-0.39, 0.29) is 17.0 Å². The molecule has 3 aromatic carbocycles. The van der Waals surface area contributed by atoms with E-state index in [4.69, 9.17) is 4.99 Å². The van der Waals surface area contributed by atoms with E-state index in [1.165, 1.54) is 11.3 Å². The Morgan fingerprint density at radius 1 is 0.932 bits per heavy atom. The van der Waals surface area contributed by atoms with Gasteiger partial charge in [-0.05, 0) is 81.3 Å². The number of hydrogen-bond donors (Lipinski definition) is 2. The number of carbonyl (C=O) groups is 2. The normalized spacial score (nSPS) is 14.7. The van der Waals surface area contributed by atoms with E-state index >= 15 is 0 Å². The lowest BCUT2D eigenvalue weighted by atomic mass is 9.94. The van der Waals surface area contributed by atoms with Crippen LogP contribution in [0.15, 0.2) is 106 Å². The first-order valence-electron chi connectivity index (χ1n) is 14.1. The minimum atomic E-state index is -0.995. The second kappa shape index (κ2) is 11.4. The molecule has 1 atom stereocenters. The van der Waals surface area contributed by atoms with Crippen molar-refractivity contribution >= 4 is 35.0 Å². The molecule has 44 heavy (non-hydrogen) atoms. The molecule has 5 aromatic rings. The summed E-state index contributed by atoms with van der Waals surface area (Å²) in [5.74, 6) is -1.31. The molecular formula is C35H30N4O4S. The van der Waals surface area contributed by atoms with E-state index < -0.39 is 12.0 Å². The van der Waals surface area contributed by atoms with Crippen molar-refractivity contribution in [2.45, 2.75) is 33.7 Å². The highest BCUT2D eigenvalue weighted by Crippen LogP contribution is 2.31. The molecular weight excluding hydrogens is 572 g/mol. The van der Waals surface area contributed by atoms with Gasteiger partial charge in [0.15, 0.2) is 4.80 Å². The zero-order valence-corrected chi connectivity index (χ0v) is 25.5. The van der Waals surface area contributed by atoms with Crippen LogP contribution in [0, 0.1) is 20.8 Å². The SMILES string of the molecule is CC1=C(C(=O)Nc2ccccc2)[C@@H](c2ccc(C)cc2)n2c(s/c(=C\c3cc(C)n(-c4cccc(C(=O)O)c4)c3C)c2=O)=N1. The Morgan fingerprint density at radius 3 is 2.36 bits per heavy atom. The standard InChI is InChI=1S/C35H30N4O4S/c1-20-13-15-24(16-14-20)31-30(32(40)37-27-10-6-5-7-11-27)22(3)36-35-39(31)33(41)29(44-35)19-26-17-21(2)38(23(26)4)28-12-8-9-25(18-28)34(42)43/h5-19,31H,1-4H3,(H,37,40)(H,42,43)/b29-19-/t31-/m1/s1. The smallest absolute Gasteiger partial charge is 0.335 e. The Bertz CT molecular complexity index is 2150. The number of aryl methyl sites for hydroxylation is 2. The van der Waals surface area contributed by atoms with Gasteiger partial charge in [-0.3, -0.25) is 14.2 Å². The molecule has 0 radical (unpaired) electrons. The van der Waals surface area contributed by atoms with Crippen LogP contribution in [-0.2, 0) is 4.79 Å². The molecule has 1 aliphatic heterocycles. The first kappa shape index (κ1) is 28.8. The molecule has 220 valence electrons. The summed E-state index contributed by atoms with van der Waals surface area (Å²) in [5.41, 5.74) is 6.78. The molecule has 6 rings (SSSR count). The van der Waals surface area contributed by atoms with E-state index in [0.717, 1.165) is 33.8 Å². The number of para-hydroxylation sites is 1. The van der Waals surface area contributed by atoms with Crippen molar-refractivity contribution in [2.24, 2.45) is 4.99 Å². The predicted octanol–water partition coefficient (Wildman–Crippen LogP) is 5.29. The number of anilines is 1. The topological polar surface area (TPSA) is 106 Å². The van der Waals surface area contributed by atoms with Gasteiger partial charge >= 0.3 is 5.97 Å². The van der Waals surface area contributed by atoms with Gasteiger partial charge in [-0.2, -0.15) is 0 Å². The average molecular weight is 603 g/mol. The second-order valence-electron chi connectivity index (χ2n) is 10.8. The van der Waals surface area contributed by atoms with Crippen LogP contribution in [0.5, 0.6) is 0 Å². The molecule has 3 heterocycles. The molecule has 8 nitrogen and oxygen atoms in total. The number of thiazole rings is 1. The minimum absolute atomic E-state index is 0.198. The number of nitrogens with zero attached hydrogens (tertiary/aromatic N) is 3. The number of carboxylic acids is 1. The monoisotopic (exact) mass is 602 g/mol. The van der Waals surface area contributed by atoms with Crippen molar-refractivity contribution in [2.75, 3.05) is 5.32 Å². The van der Waals surface area contributed by atoms with Crippen LogP contribution in [0.2, 0.25) is 0 Å². The molecule has 0 spiro atoms. The fraction of sp³-hybridized carbons (Fsp3) is 0.143. The highest BCUT2D eigenvalue weighted by atomic mass is 32.1. The van der Waals surface area contributed by atoms with Gasteiger partial charge in [-0.15, -0.1) is 0 Å². The number of carboxylic acid groups (broad SMARTS) is 1. The number of aromatic nitrogens is 2. The number of carbonyl (C=O) groups excluding carboxylic acids is 1. The number of benzene rings is 3. The summed E-state index contributed by atoms with van der Waals surface area (Å²) in [6.07, 6.45) is 1.85. The molecule has 0 aliphatic carbocycles. The number of amides is 1. The van der Waals surface area contributed by atoms with Crippen LogP contribution in [0.25, 0.3) is 11.8 Å². The Balaban J connectivity index is 1.48. The van der Waals surface area contributed by atoms with Crippen molar-refractivity contribution in [3.8, 4) is 5.69 Å².